The van der Waals surface area contributed by atoms with Gasteiger partial charge in [0.25, 0.3) is 0 Å². The molecule has 0 unspecified atom stereocenters. The minimum atomic E-state index is -0.108. The van der Waals surface area contributed by atoms with E-state index in [9.17, 15) is 9.59 Å². The number of hydrogen-bond donors (Lipinski definition) is 1. The molecule has 1 rings (SSSR count). The van der Waals surface area contributed by atoms with Crippen LogP contribution in [0.3, 0.4) is 0 Å². The Balaban J connectivity index is 2.68. The summed E-state index contributed by atoms with van der Waals surface area (Å²) >= 11 is 0. The van der Waals surface area contributed by atoms with Gasteiger partial charge in [-0.15, -0.1) is 0 Å². The van der Waals surface area contributed by atoms with E-state index < -0.39 is 0 Å². The molecule has 0 atom stereocenters. The van der Waals surface area contributed by atoms with Crippen molar-refractivity contribution in [1.29, 1.82) is 0 Å². The van der Waals surface area contributed by atoms with Crippen molar-refractivity contribution in [3.05, 3.63) is 0 Å². The van der Waals surface area contributed by atoms with Gasteiger partial charge in [0.05, 0.1) is 12.8 Å². The van der Waals surface area contributed by atoms with Crippen molar-refractivity contribution in [2.75, 3.05) is 0 Å². The van der Waals surface area contributed by atoms with Crippen LogP contribution in [0.1, 0.15) is 26.7 Å². The first-order valence-corrected chi connectivity index (χ1v) is 3.40. The van der Waals surface area contributed by atoms with E-state index in [4.69, 9.17) is 0 Å². The summed E-state index contributed by atoms with van der Waals surface area (Å²) < 4.78 is 0. The summed E-state index contributed by atoms with van der Waals surface area (Å²) in [5, 5.41) is 1.21. The number of imide groups is 1. The number of hydrogen-bond acceptors (Lipinski definition) is 2. The van der Waals surface area contributed by atoms with Gasteiger partial charge in [0, 0.05) is 0 Å². The van der Waals surface area contributed by atoms with Crippen molar-refractivity contribution in [2.24, 2.45) is 5.41 Å². The first kappa shape index (κ1) is 7.41. The largest absolute Gasteiger partial charge is 0.318 e. The number of amides is 2. The van der Waals surface area contributed by atoms with Crippen LogP contribution >= 0.6 is 0 Å². The van der Waals surface area contributed by atoms with Crippen molar-refractivity contribution in [3.63, 3.8) is 0 Å². The SMILES string of the molecule is CC1(C)CC(=O)[NH2+]C(=O)C1. The Morgan fingerprint density at radius 3 is 1.90 bits per heavy atom. The predicted molar refractivity (Wildman–Crippen MR) is 35.0 cm³/mol. The molecule has 3 heteroatoms. The second-order valence-electron chi connectivity index (χ2n) is 3.59. The molecule has 0 radical (unpaired) electrons. The fourth-order valence-corrected chi connectivity index (χ4v) is 1.29. The Morgan fingerprint density at radius 2 is 1.60 bits per heavy atom. The van der Waals surface area contributed by atoms with Gasteiger partial charge in [-0.2, -0.15) is 0 Å². The normalized spacial score (nSPS) is 25.0. The number of nitrogens with two attached hydrogens (primary N) is 1. The van der Waals surface area contributed by atoms with Gasteiger partial charge in [0.1, 0.15) is 0 Å². The van der Waals surface area contributed by atoms with Crippen LogP contribution in [0.2, 0.25) is 0 Å². The lowest BCUT2D eigenvalue weighted by Crippen LogP contribution is -2.94. The molecule has 1 saturated heterocycles. The molecule has 0 aromatic heterocycles. The second kappa shape index (κ2) is 2.16. The van der Waals surface area contributed by atoms with Crippen molar-refractivity contribution in [1.82, 2.24) is 0 Å². The zero-order valence-electron chi connectivity index (χ0n) is 6.31. The summed E-state index contributed by atoms with van der Waals surface area (Å²) in [6.07, 6.45) is 1.03. The highest BCUT2D eigenvalue weighted by Gasteiger charge is 2.35. The number of rotatable bonds is 0. The highest BCUT2D eigenvalue weighted by molar-refractivity contribution is 5.82. The molecule has 2 amide bonds. The number of carbonyl (C=O) groups is 2. The van der Waals surface area contributed by atoms with Gasteiger partial charge in [-0.05, 0) is 5.41 Å². The maximum atomic E-state index is 10.8. The fourth-order valence-electron chi connectivity index (χ4n) is 1.29. The summed E-state index contributed by atoms with van der Waals surface area (Å²) in [4.78, 5) is 21.6. The van der Waals surface area contributed by atoms with E-state index in [0.29, 0.717) is 12.8 Å². The van der Waals surface area contributed by atoms with Gasteiger partial charge in [0.2, 0.25) is 0 Å². The summed E-state index contributed by atoms with van der Waals surface area (Å²) in [6.45, 7) is 3.88. The number of piperidine rings is 1. The van der Waals surface area contributed by atoms with Crippen LogP contribution in [0.4, 0.5) is 0 Å². The number of quaternary nitrogens is 1. The molecule has 1 aliphatic rings. The topological polar surface area (TPSA) is 50.8 Å². The lowest BCUT2D eigenvalue weighted by molar-refractivity contribution is -0.495. The third-order valence-electron chi connectivity index (χ3n) is 1.63. The molecule has 0 aliphatic carbocycles. The van der Waals surface area contributed by atoms with Crippen LogP contribution < -0.4 is 5.32 Å². The monoisotopic (exact) mass is 142 g/mol. The molecule has 0 spiro atoms. The molecule has 10 heavy (non-hydrogen) atoms. The highest BCUT2D eigenvalue weighted by Crippen LogP contribution is 2.25. The van der Waals surface area contributed by atoms with E-state index in [1.807, 2.05) is 13.8 Å². The summed E-state index contributed by atoms with van der Waals surface area (Å²) in [5.41, 5.74) is -0.108. The van der Waals surface area contributed by atoms with Gasteiger partial charge >= 0.3 is 11.8 Å². The third kappa shape index (κ3) is 1.64. The van der Waals surface area contributed by atoms with Crippen LogP contribution in [0.5, 0.6) is 0 Å². The number of primary amides is 2. The molecule has 0 aromatic carbocycles. The Hall–Kier alpha value is -0.700. The van der Waals surface area contributed by atoms with Crippen LogP contribution in [-0.2, 0) is 9.59 Å². The molecule has 1 fully saturated rings. The van der Waals surface area contributed by atoms with E-state index in [1.54, 1.807) is 0 Å². The molecule has 0 bridgehead atoms. The van der Waals surface area contributed by atoms with Crippen molar-refractivity contribution in [2.45, 2.75) is 26.7 Å². The lowest BCUT2D eigenvalue weighted by atomic mass is 9.83. The van der Waals surface area contributed by atoms with Gasteiger partial charge in [-0.3, -0.25) is 0 Å². The molecule has 3 nitrogen and oxygen atoms in total. The summed E-state index contributed by atoms with van der Waals surface area (Å²) in [7, 11) is 0. The quantitative estimate of drug-likeness (QED) is 0.460. The van der Waals surface area contributed by atoms with Crippen molar-refractivity contribution >= 4 is 11.8 Å². The van der Waals surface area contributed by atoms with Gasteiger partial charge in [-0.1, -0.05) is 13.8 Å². The maximum absolute atomic E-state index is 10.8. The Morgan fingerprint density at radius 1 is 1.20 bits per heavy atom. The van der Waals surface area contributed by atoms with E-state index in [0.717, 1.165) is 0 Å². The number of carbonyl (C=O) groups excluding carboxylic acids is 2. The third-order valence-corrected chi connectivity index (χ3v) is 1.63. The Bertz CT molecular complexity index is 166. The molecule has 1 aliphatic heterocycles. The standard InChI is InChI=1S/C7H11NO2/c1-7(2)3-5(9)8-6(10)4-7/h3-4H2,1-2H3,(H,8,9,10)/p+1. The Labute approximate surface area is 59.8 Å². The van der Waals surface area contributed by atoms with Crippen molar-refractivity contribution < 1.29 is 14.9 Å². The zero-order valence-corrected chi connectivity index (χ0v) is 6.31. The maximum Gasteiger partial charge on any atom is 0.318 e. The van der Waals surface area contributed by atoms with Crippen LogP contribution in [0.25, 0.3) is 0 Å². The van der Waals surface area contributed by atoms with Gasteiger partial charge in [-0.25, -0.2) is 14.9 Å². The van der Waals surface area contributed by atoms with Crippen LogP contribution in [0.15, 0.2) is 0 Å². The minimum Gasteiger partial charge on any atom is -0.231 e. The van der Waals surface area contributed by atoms with Crippen LogP contribution in [-0.4, -0.2) is 11.8 Å². The second-order valence-corrected chi connectivity index (χ2v) is 3.59. The predicted octanol–water partition coefficient (Wildman–Crippen LogP) is -0.577. The van der Waals surface area contributed by atoms with E-state index in [2.05, 4.69) is 0 Å². The average Bonchev–Trinajstić information content (AvgIpc) is 1.54. The molecule has 56 valence electrons. The lowest BCUT2D eigenvalue weighted by Gasteiger charge is -2.23. The van der Waals surface area contributed by atoms with Crippen molar-refractivity contribution in [3.8, 4) is 0 Å². The van der Waals surface area contributed by atoms with Gasteiger partial charge < -0.3 is 0 Å². The highest BCUT2D eigenvalue weighted by atomic mass is 16.2. The Kier molecular flexibility index (Phi) is 1.60. The molecular formula is C7H12NO2+. The molecular weight excluding hydrogens is 130 g/mol. The molecule has 2 N–H and O–H groups in total. The molecule has 1 heterocycles. The average molecular weight is 142 g/mol. The van der Waals surface area contributed by atoms with Crippen LogP contribution in [0, 0.1) is 5.41 Å². The zero-order chi connectivity index (χ0) is 7.78. The van der Waals surface area contributed by atoms with E-state index in [-0.39, 0.29) is 17.2 Å². The van der Waals surface area contributed by atoms with E-state index in [1.165, 1.54) is 5.32 Å². The first-order valence-electron chi connectivity index (χ1n) is 3.40. The molecule has 0 saturated carbocycles. The summed E-state index contributed by atoms with van der Waals surface area (Å²) in [5.74, 6) is -0.0532. The molecule has 0 aromatic rings. The van der Waals surface area contributed by atoms with E-state index >= 15 is 0 Å². The smallest absolute Gasteiger partial charge is 0.231 e. The van der Waals surface area contributed by atoms with Gasteiger partial charge in [0.15, 0.2) is 0 Å². The first-order chi connectivity index (χ1) is 4.49. The summed E-state index contributed by atoms with van der Waals surface area (Å²) in [6, 6.07) is 0. The minimum absolute atomic E-state index is 0.0266. The fraction of sp³-hybridized carbons (Fsp3) is 0.714.